The normalized spacial score (nSPS) is 16.2. The Kier molecular flexibility index (Phi) is 14.4. The highest BCUT2D eigenvalue weighted by atomic mass is 28.4. The smallest absolute Gasteiger partial charge is 0.183 e. The van der Waals surface area contributed by atoms with Gasteiger partial charge in [0.2, 0.25) is 0 Å². The fraction of sp³-hybridized carbons (Fsp3) is 1.00. The predicted octanol–water partition coefficient (Wildman–Crippen LogP) is 8.30. The van der Waals surface area contributed by atoms with Crippen LogP contribution in [0.5, 0.6) is 0 Å². The summed E-state index contributed by atoms with van der Waals surface area (Å²) < 4.78 is 5.98. The lowest BCUT2D eigenvalue weighted by Gasteiger charge is -2.19. The molecule has 0 heterocycles. The van der Waals surface area contributed by atoms with Crippen molar-refractivity contribution in [1.82, 2.24) is 0 Å². The van der Waals surface area contributed by atoms with Crippen LogP contribution in [-0.2, 0) is 4.43 Å². The van der Waals surface area contributed by atoms with Gasteiger partial charge in [-0.25, -0.2) is 0 Å². The summed E-state index contributed by atoms with van der Waals surface area (Å²) in [6, 6.07) is 0. The molecule has 0 aromatic rings. The zero-order valence-corrected chi connectivity index (χ0v) is 20.0. The van der Waals surface area contributed by atoms with Crippen LogP contribution in [0.3, 0.4) is 0 Å². The van der Waals surface area contributed by atoms with E-state index in [9.17, 15) is 0 Å². The van der Waals surface area contributed by atoms with Crippen molar-refractivity contribution in [2.24, 2.45) is 23.7 Å². The average molecular weight is 371 g/mol. The summed E-state index contributed by atoms with van der Waals surface area (Å²) in [6.45, 7) is 19.8. The van der Waals surface area contributed by atoms with Crippen molar-refractivity contribution in [3.63, 3.8) is 0 Å². The highest BCUT2D eigenvalue weighted by Gasteiger charge is 2.14. The molecule has 1 nitrogen and oxygen atoms in total. The van der Waals surface area contributed by atoms with Crippen molar-refractivity contribution < 1.29 is 4.43 Å². The van der Waals surface area contributed by atoms with Crippen LogP contribution in [0.2, 0.25) is 19.6 Å². The van der Waals surface area contributed by atoms with Gasteiger partial charge >= 0.3 is 0 Å². The Morgan fingerprint density at radius 3 is 1.28 bits per heavy atom. The van der Waals surface area contributed by atoms with Crippen LogP contribution in [0.1, 0.15) is 98.8 Å². The van der Waals surface area contributed by atoms with Gasteiger partial charge in [0.25, 0.3) is 0 Å². The number of rotatable bonds is 16. The van der Waals surface area contributed by atoms with Gasteiger partial charge in [0.15, 0.2) is 8.32 Å². The average Bonchev–Trinajstić information content (AvgIpc) is 2.45. The van der Waals surface area contributed by atoms with Crippen LogP contribution >= 0.6 is 0 Å². The molecule has 0 saturated carbocycles. The monoisotopic (exact) mass is 370 g/mol. The summed E-state index contributed by atoms with van der Waals surface area (Å²) in [5.41, 5.74) is 0. The van der Waals surface area contributed by atoms with Crippen molar-refractivity contribution in [2.45, 2.75) is 118 Å². The summed E-state index contributed by atoms with van der Waals surface area (Å²) in [5.74, 6) is 3.53. The van der Waals surface area contributed by atoms with Crippen LogP contribution in [0, 0.1) is 23.7 Å². The van der Waals surface area contributed by atoms with Crippen LogP contribution in [0.25, 0.3) is 0 Å². The minimum Gasteiger partial charge on any atom is -0.418 e. The third-order valence-electron chi connectivity index (χ3n) is 5.41. The van der Waals surface area contributed by atoms with Crippen molar-refractivity contribution in [2.75, 3.05) is 6.61 Å². The van der Waals surface area contributed by atoms with Crippen molar-refractivity contribution in [1.29, 1.82) is 0 Å². The molecule has 0 spiro atoms. The van der Waals surface area contributed by atoms with Gasteiger partial charge in [-0.05, 0) is 49.7 Å². The van der Waals surface area contributed by atoms with E-state index in [1.54, 1.807) is 0 Å². The first-order chi connectivity index (χ1) is 11.6. The second-order valence-electron chi connectivity index (χ2n) is 10.3. The summed E-state index contributed by atoms with van der Waals surface area (Å²) in [7, 11) is -1.31. The maximum absolute atomic E-state index is 5.98. The van der Waals surface area contributed by atoms with Crippen molar-refractivity contribution in [3.8, 4) is 0 Å². The van der Waals surface area contributed by atoms with E-state index < -0.39 is 8.32 Å². The zero-order valence-electron chi connectivity index (χ0n) is 19.0. The van der Waals surface area contributed by atoms with Gasteiger partial charge in [-0.3, -0.25) is 0 Å². The van der Waals surface area contributed by atoms with Crippen molar-refractivity contribution in [3.05, 3.63) is 0 Å². The van der Waals surface area contributed by atoms with E-state index in [2.05, 4.69) is 54.3 Å². The molecule has 0 aliphatic rings. The summed E-state index contributed by atoms with van der Waals surface area (Å²) in [5, 5.41) is 0. The van der Waals surface area contributed by atoms with Gasteiger partial charge < -0.3 is 4.43 Å². The van der Waals surface area contributed by atoms with E-state index in [0.717, 1.165) is 30.3 Å². The molecule has 3 unspecified atom stereocenters. The van der Waals surface area contributed by atoms with Crippen molar-refractivity contribution >= 4 is 8.32 Å². The first-order valence-corrected chi connectivity index (χ1v) is 14.6. The Morgan fingerprint density at radius 2 is 0.920 bits per heavy atom. The molecule has 0 N–H and O–H groups in total. The topological polar surface area (TPSA) is 9.23 Å². The lowest BCUT2D eigenvalue weighted by Crippen LogP contribution is -2.26. The van der Waals surface area contributed by atoms with Crippen LogP contribution in [0.4, 0.5) is 0 Å². The molecule has 0 aliphatic carbocycles. The lowest BCUT2D eigenvalue weighted by molar-refractivity contribution is 0.269. The molecule has 0 aromatic carbocycles. The molecule has 3 atom stereocenters. The maximum Gasteiger partial charge on any atom is 0.183 e. The van der Waals surface area contributed by atoms with Crippen LogP contribution < -0.4 is 0 Å². The molecular weight excluding hydrogens is 320 g/mol. The van der Waals surface area contributed by atoms with E-state index in [-0.39, 0.29) is 0 Å². The maximum atomic E-state index is 5.98. The third-order valence-corrected chi connectivity index (χ3v) is 6.48. The first kappa shape index (κ1) is 25.2. The molecule has 0 amide bonds. The molecule has 0 aromatic heterocycles. The van der Waals surface area contributed by atoms with Gasteiger partial charge in [0.05, 0.1) is 0 Å². The highest BCUT2D eigenvalue weighted by Crippen LogP contribution is 2.22. The fourth-order valence-electron chi connectivity index (χ4n) is 3.50. The molecule has 0 radical (unpaired) electrons. The second kappa shape index (κ2) is 14.3. The lowest BCUT2D eigenvalue weighted by atomic mass is 9.91. The quantitative estimate of drug-likeness (QED) is 0.248. The molecule has 2 heteroatoms. The molecule has 25 heavy (non-hydrogen) atoms. The van der Waals surface area contributed by atoms with E-state index in [0.29, 0.717) is 0 Å². The number of hydrogen-bond acceptors (Lipinski definition) is 1. The van der Waals surface area contributed by atoms with Gasteiger partial charge in [-0.1, -0.05) is 92.4 Å². The molecule has 0 aliphatic heterocycles. The number of hydrogen-bond donors (Lipinski definition) is 0. The van der Waals surface area contributed by atoms with E-state index in [1.165, 1.54) is 64.2 Å². The third kappa shape index (κ3) is 18.8. The minimum absolute atomic E-state index is 0.824. The molecule has 0 bridgehead atoms. The summed E-state index contributed by atoms with van der Waals surface area (Å²) >= 11 is 0. The molecule has 152 valence electrons. The molecule has 0 fully saturated rings. The molecule has 0 rings (SSSR count). The van der Waals surface area contributed by atoms with Gasteiger partial charge in [0, 0.05) is 6.61 Å². The predicted molar refractivity (Wildman–Crippen MR) is 118 cm³/mol. The molecular formula is C23H50OSi. The zero-order chi connectivity index (χ0) is 19.3. The summed E-state index contributed by atoms with van der Waals surface area (Å²) in [4.78, 5) is 0. The van der Waals surface area contributed by atoms with Crippen LogP contribution in [0.15, 0.2) is 0 Å². The standard InChI is InChI=1S/C23H50OSi/c1-20(2)12-9-13-21(3)14-10-15-22(4)16-11-17-23(5)18-19-24-25(6,7)8/h20-23H,9-19H2,1-8H3. The van der Waals surface area contributed by atoms with Crippen LogP contribution in [-0.4, -0.2) is 14.9 Å². The fourth-order valence-corrected chi connectivity index (χ4v) is 4.23. The SMILES string of the molecule is CC(C)CCCC(C)CCCC(C)CCCC(C)CCO[Si](C)(C)C. The Hall–Kier alpha value is 0.177. The Morgan fingerprint density at radius 1 is 0.560 bits per heavy atom. The Labute approximate surface area is 161 Å². The van der Waals surface area contributed by atoms with E-state index >= 15 is 0 Å². The van der Waals surface area contributed by atoms with E-state index in [4.69, 9.17) is 4.43 Å². The second-order valence-corrected chi connectivity index (χ2v) is 14.8. The minimum atomic E-state index is -1.31. The highest BCUT2D eigenvalue weighted by molar-refractivity contribution is 6.69. The Bertz CT molecular complexity index is 295. The van der Waals surface area contributed by atoms with Gasteiger partial charge in [-0.2, -0.15) is 0 Å². The first-order valence-electron chi connectivity index (χ1n) is 11.2. The molecule has 0 saturated heterocycles. The van der Waals surface area contributed by atoms with E-state index in [1.807, 2.05) is 0 Å². The summed E-state index contributed by atoms with van der Waals surface area (Å²) in [6.07, 6.45) is 14.0. The largest absolute Gasteiger partial charge is 0.418 e. The van der Waals surface area contributed by atoms with Gasteiger partial charge in [0.1, 0.15) is 0 Å². The Balaban J connectivity index is 3.55. The van der Waals surface area contributed by atoms with Gasteiger partial charge in [-0.15, -0.1) is 0 Å².